The van der Waals surface area contributed by atoms with E-state index >= 15 is 0 Å². The van der Waals surface area contributed by atoms with Gasteiger partial charge >= 0.3 is 5.97 Å². The first-order valence-electron chi connectivity index (χ1n) is 7.01. The van der Waals surface area contributed by atoms with E-state index in [1.54, 1.807) is 0 Å². The highest BCUT2D eigenvalue weighted by Crippen LogP contribution is 2.25. The molecule has 1 aromatic carbocycles. The summed E-state index contributed by atoms with van der Waals surface area (Å²) < 4.78 is 4.79. The van der Waals surface area contributed by atoms with Crippen molar-refractivity contribution in [2.24, 2.45) is 0 Å². The molecule has 0 saturated carbocycles. The van der Waals surface area contributed by atoms with Gasteiger partial charge in [-0.3, -0.25) is 0 Å². The zero-order valence-electron chi connectivity index (χ0n) is 11.9. The summed E-state index contributed by atoms with van der Waals surface area (Å²) in [6, 6.07) is 10.6. The van der Waals surface area contributed by atoms with Crippen molar-refractivity contribution < 1.29 is 9.53 Å². The number of nitrogens with zero attached hydrogens (tertiary/aromatic N) is 1. The molecule has 2 unspecified atom stereocenters. The molecule has 0 saturated heterocycles. The number of rotatable bonds is 3. The molecule has 1 N–H and O–H groups in total. The van der Waals surface area contributed by atoms with Crippen LogP contribution in [0.2, 0.25) is 0 Å². The van der Waals surface area contributed by atoms with Crippen LogP contribution >= 0.6 is 0 Å². The first-order chi connectivity index (χ1) is 10.3. The lowest BCUT2D eigenvalue weighted by atomic mass is 10.0. The van der Waals surface area contributed by atoms with Gasteiger partial charge in [0.05, 0.1) is 19.2 Å². The number of hydrogen-bond donors (Lipinski definition) is 1. The maximum atomic E-state index is 11.6. The van der Waals surface area contributed by atoms with Crippen molar-refractivity contribution >= 4 is 5.97 Å². The molecule has 1 aromatic rings. The topological polar surface area (TPSA) is 41.6 Å². The Kier molecular flexibility index (Phi) is 3.88. The number of benzene rings is 1. The lowest BCUT2D eigenvalue weighted by molar-refractivity contribution is -0.136. The number of nitrogens with one attached hydrogen (secondary N) is 1. The van der Waals surface area contributed by atoms with Gasteiger partial charge in [0.25, 0.3) is 0 Å². The van der Waals surface area contributed by atoms with Crippen molar-refractivity contribution in [2.75, 3.05) is 7.11 Å². The van der Waals surface area contributed by atoms with Gasteiger partial charge in [0, 0.05) is 18.2 Å². The highest BCUT2D eigenvalue weighted by atomic mass is 16.5. The van der Waals surface area contributed by atoms with E-state index in [0.29, 0.717) is 12.0 Å². The third-order valence-electron chi connectivity index (χ3n) is 3.75. The van der Waals surface area contributed by atoms with Crippen molar-refractivity contribution in [1.29, 1.82) is 0 Å². The number of ether oxygens (including phenoxy) is 1. The maximum absolute atomic E-state index is 11.6. The smallest absolute Gasteiger partial charge is 0.333 e. The second kappa shape index (κ2) is 5.97. The second-order valence-corrected chi connectivity index (χ2v) is 5.11. The van der Waals surface area contributed by atoms with Crippen molar-refractivity contribution in [3.8, 4) is 0 Å². The summed E-state index contributed by atoms with van der Waals surface area (Å²) in [4.78, 5) is 11.6. The van der Waals surface area contributed by atoms with Gasteiger partial charge in [-0.25, -0.2) is 10.2 Å². The largest absolute Gasteiger partial charge is 0.466 e. The minimum atomic E-state index is -0.257. The molecule has 4 heteroatoms. The minimum absolute atomic E-state index is 0.120. The molecule has 3 rings (SSSR count). The van der Waals surface area contributed by atoms with Gasteiger partial charge in [-0.2, -0.15) is 0 Å². The zero-order valence-corrected chi connectivity index (χ0v) is 11.9. The quantitative estimate of drug-likeness (QED) is 0.865. The van der Waals surface area contributed by atoms with Gasteiger partial charge < -0.3 is 9.75 Å². The Bertz CT molecular complexity index is 604. The lowest BCUT2D eigenvalue weighted by Gasteiger charge is -2.29. The Morgan fingerprint density at radius 3 is 2.86 bits per heavy atom. The van der Waals surface area contributed by atoms with Crippen LogP contribution in [0.1, 0.15) is 18.0 Å². The molecular formula is C17H18N2O2. The van der Waals surface area contributed by atoms with Crippen LogP contribution in [0.15, 0.2) is 66.4 Å². The molecule has 4 nitrogen and oxygen atoms in total. The Hall–Kier alpha value is -2.33. The van der Waals surface area contributed by atoms with Gasteiger partial charge in [-0.15, -0.1) is 0 Å². The molecule has 0 fully saturated rings. The molecule has 1 aliphatic carbocycles. The summed E-state index contributed by atoms with van der Waals surface area (Å²) in [7, 11) is 1.41. The third kappa shape index (κ3) is 2.90. The van der Waals surface area contributed by atoms with E-state index in [0.717, 1.165) is 0 Å². The predicted octanol–water partition coefficient (Wildman–Crippen LogP) is 2.49. The number of allylic oxidation sites excluding steroid dienone is 2. The standard InChI is InChI=1S/C17H18N2O2/c1-21-17(20)14-8-5-9-15(12-14)19-11-10-16(18-19)13-6-3-2-4-7-13/h2-11,15-16,18H,12H2,1H3. The molecule has 0 radical (unpaired) electrons. The Labute approximate surface area is 124 Å². The van der Waals surface area contributed by atoms with Gasteiger partial charge in [0.1, 0.15) is 0 Å². The molecule has 1 heterocycles. The Balaban J connectivity index is 1.66. The molecule has 0 spiro atoms. The predicted molar refractivity (Wildman–Crippen MR) is 80.9 cm³/mol. The number of methoxy groups -OCH3 is 1. The monoisotopic (exact) mass is 282 g/mol. The molecule has 1 aliphatic heterocycles. The van der Waals surface area contributed by atoms with Crippen LogP contribution < -0.4 is 5.43 Å². The first-order valence-corrected chi connectivity index (χ1v) is 7.01. The summed E-state index contributed by atoms with van der Waals surface area (Å²) in [6.07, 6.45) is 10.6. The SMILES string of the molecule is COC(=O)C1=CC=CC(N2C=CC(c3ccccc3)N2)C1. The molecule has 0 amide bonds. The van der Waals surface area contributed by atoms with E-state index < -0.39 is 0 Å². The van der Waals surface area contributed by atoms with Crippen molar-refractivity contribution in [2.45, 2.75) is 18.5 Å². The van der Waals surface area contributed by atoms with Crippen LogP contribution in [-0.4, -0.2) is 24.1 Å². The summed E-state index contributed by atoms with van der Waals surface area (Å²) in [5, 5.41) is 2.05. The fourth-order valence-electron chi connectivity index (χ4n) is 2.61. The highest BCUT2D eigenvalue weighted by molar-refractivity contribution is 5.89. The highest BCUT2D eigenvalue weighted by Gasteiger charge is 2.25. The van der Waals surface area contributed by atoms with Gasteiger partial charge in [-0.05, 0) is 11.6 Å². The minimum Gasteiger partial charge on any atom is -0.466 e. The van der Waals surface area contributed by atoms with E-state index in [-0.39, 0.29) is 18.1 Å². The molecule has 0 bridgehead atoms. The normalized spacial score (nSPS) is 24.0. The van der Waals surface area contributed by atoms with Crippen molar-refractivity contribution in [1.82, 2.24) is 10.4 Å². The molecule has 108 valence electrons. The van der Waals surface area contributed by atoms with Crippen molar-refractivity contribution in [3.63, 3.8) is 0 Å². The zero-order chi connectivity index (χ0) is 14.7. The van der Waals surface area contributed by atoms with Crippen molar-refractivity contribution in [3.05, 3.63) is 72.0 Å². The number of hydrazine groups is 1. The lowest BCUT2D eigenvalue weighted by Crippen LogP contribution is -2.39. The van der Waals surface area contributed by atoms with Crippen LogP contribution in [0.5, 0.6) is 0 Å². The van der Waals surface area contributed by atoms with Crippen LogP contribution in [0.25, 0.3) is 0 Å². The fraction of sp³-hybridized carbons (Fsp3) is 0.235. The average Bonchev–Trinajstić information content (AvgIpc) is 3.05. The molecule has 2 aliphatic rings. The summed E-state index contributed by atoms with van der Waals surface area (Å²) in [6.45, 7) is 0. The molecule has 21 heavy (non-hydrogen) atoms. The fourth-order valence-corrected chi connectivity index (χ4v) is 2.61. The second-order valence-electron chi connectivity index (χ2n) is 5.11. The van der Waals surface area contributed by atoms with E-state index in [1.807, 2.05) is 41.6 Å². The number of carbonyl (C=O) groups excluding carboxylic acids is 1. The number of carbonyl (C=O) groups is 1. The summed E-state index contributed by atoms with van der Waals surface area (Å²) in [5.74, 6) is -0.257. The first kappa shape index (κ1) is 13.6. The van der Waals surface area contributed by atoms with E-state index in [1.165, 1.54) is 12.7 Å². The number of hydrogen-bond acceptors (Lipinski definition) is 4. The van der Waals surface area contributed by atoms with Crippen LogP contribution in [0.3, 0.4) is 0 Å². The van der Waals surface area contributed by atoms with Gasteiger partial charge in [-0.1, -0.05) is 48.6 Å². The average molecular weight is 282 g/mol. The molecular weight excluding hydrogens is 264 g/mol. The summed E-state index contributed by atoms with van der Waals surface area (Å²) in [5.41, 5.74) is 5.37. The molecule has 2 atom stereocenters. The maximum Gasteiger partial charge on any atom is 0.333 e. The number of esters is 1. The Morgan fingerprint density at radius 1 is 1.29 bits per heavy atom. The van der Waals surface area contributed by atoms with E-state index in [9.17, 15) is 4.79 Å². The Morgan fingerprint density at radius 2 is 2.10 bits per heavy atom. The van der Waals surface area contributed by atoms with Crippen LogP contribution in [-0.2, 0) is 9.53 Å². The van der Waals surface area contributed by atoms with E-state index in [4.69, 9.17) is 4.74 Å². The van der Waals surface area contributed by atoms with E-state index in [2.05, 4.69) is 29.7 Å². The van der Waals surface area contributed by atoms with Gasteiger partial charge in [0.15, 0.2) is 0 Å². The third-order valence-corrected chi connectivity index (χ3v) is 3.75. The van der Waals surface area contributed by atoms with Crippen LogP contribution in [0, 0.1) is 0 Å². The molecule has 0 aromatic heterocycles. The van der Waals surface area contributed by atoms with Gasteiger partial charge in [0.2, 0.25) is 0 Å². The van der Waals surface area contributed by atoms with Crippen LogP contribution in [0.4, 0.5) is 0 Å². The summed E-state index contributed by atoms with van der Waals surface area (Å²) >= 11 is 0.